The van der Waals surface area contributed by atoms with E-state index < -0.39 is 0 Å². The van der Waals surface area contributed by atoms with Crippen LogP contribution in [0.5, 0.6) is 0 Å². The van der Waals surface area contributed by atoms with Crippen LogP contribution in [0.25, 0.3) is 0 Å². The molecule has 1 aromatic rings. The quantitative estimate of drug-likeness (QED) is 0.820. The van der Waals surface area contributed by atoms with Gasteiger partial charge in [0.2, 0.25) is 5.91 Å². The third-order valence-electron chi connectivity index (χ3n) is 3.05. The molecule has 0 saturated carbocycles. The first-order chi connectivity index (χ1) is 9.11. The van der Waals surface area contributed by atoms with Crippen LogP contribution in [0.4, 0.5) is 4.39 Å². The van der Waals surface area contributed by atoms with Gasteiger partial charge < -0.3 is 9.64 Å². The van der Waals surface area contributed by atoms with Gasteiger partial charge in [-0.3, -0.25) is 14.9 Å². The lowest BCUT2D eigenvalue weighted by atomic mass is 10.1. The summed E-state index contributed by atoms with van der Waals surface area (Å²) in [7, 11) is 1.31. The molecule has 1 aliphatic heterocycles. The van der Waals surface area contributed by atoms with Crippen LogP contribution in [0, 0.1) is 5.82 Å². The molecule has 1 aromatic carbocycles. The first-order valence-corrected chi connectivity index (χ1v) is 5.97. The fourth-order valence-corrected chi connectivity index (χ4v) is 2.05. The second-order valence-corrected chi connectivity index (χ2v) is 4.25. The fourth-order valence-electron chi connectivity index (χ4n) is 2.05. The Bertz CT molecular complexity index is 475. The molecule has 102 valence electrons. The number of rotatable bonds is 4. The van der Waals surface area contributed by atoms with Crippen molar-refractivity contribution in [3.8, 4) is 0 Å². The zero-order valence-electron chi connectivity index (χ0n) is 10.6. The van der Waals surface area contributed by atoms with E-state index in [9.17, 15) is 14.0 Å². The SMILES string of the molecule is COC(=O)CCN1C(=O)CNC1c1ccc(F)cc1. The minimum absolute atomic E-state index is 0.0850. The molecule has 1 atom stereocenters. The number of hydrogen-bond acceptors (Lipinski definition) is 4. The summed E-state index contributed by atoms with van der Waals surface area (Å²) in [4.78, 5) is 24.5. The van der Waals surface area contributed by atoms with Crippen LogP contribution in [-0.2, 0) is 14.3 Å². The number of nitrogens with one attached hydrogen (secondary N) is 1. The van der Waals surface area contributed by atoms with Crippen molar-refractivity contribution in [3.05, 3.63) is 35.6 Å². The van der Waals surface area contributed by atoms with Crippen molar-refractivity contribution in [2.75, 3.05) is 20.2 Å². The summed E-state index contributed by atoms with van der Waals surface area (Å²) in [6.45, 7) is 0.490. The Kier molecular flexibility index (Phi) is 4.11. The molecule has 1 unspecified atom stereocenters. The highest BCUT2D eigenvalue weighted by molar-refractivity contribution is 5.81. The molecule has 2 rings (SSSR count). The zero-order chi connectivity index (χ0) is 13.8. The number of nitrogens with zero attached hydrogens (tertiary/aromatic N) is 1. The molecule has 1 heterocycles. The lowest BCUT2D eigenvalue weighted by Gasteiger charge is -2.24. The van der Waals surface area contributed by atoms with Gasteiger partial charge in [0.15, 0.2) is 0 Å². The monoisotopic (exact) mass is 266 g/mol. The number of benzene rings is 1. The molecule has 5 nitrogen and oxygen atoms in total. The Morgan fingerprint density at radius 3 is 2.79 bits per heavy atom. The predicted molar refractivity (Wildman–Crippen MR) is 65.5 cm³/mol. The molecule has 1 saturated heterocycles. The van der Waals surface area contributed by atoms with Crippen molar-refractivity contribution < 1.29 is 18.7 Å². The highest BCUT2D eigenvalue weighted by Crippen LogP contribution is 2.22. The van der Waals surface area contributed by atoms with Crippen molar-refractivity contribution >= 4 is 11.9 Å². The number of carbonyl (C=O) groups excluding carboxylic acids is 2. The van der Waals surface area contributed by atoms with Gasteiger partial charge in [-0.25, -0.2) is 4.39 Å². The van der Waals surface area contributed by atoms with Crippen molar-refractivity contribution in [2.24, 2.45) is 0 Å². The molecule has 6 heteroatoms. The van der Waals surface area contributed by atoms with Crippen LogP contribution < -0.4 is 5.32 Å². The molecule has 0 bridgehead atoms. The van der Waals surface area contributed by atoms with Crippen LogP contribution >= 0.6 is 0 Å². The standard InChI is InChI=1S/C13H15FN2O3/c1-19-12(18)6-7-16-11(17)8-15-13(16)9-2-4-10(14)5-3-9/h2-5,13,15H,6-8H2,1H3. The van der Waals surface area contributed by atoms with E-state index >= 15 is 0 Å². The second kappa shape index (κ2) is 5.79. The van der Waals surface area contributed by atoms with Crippen LogP contribution in [0.2, 0.25) is 0 Å². The van der Waals surface area contributed by atoms with Gasteiger partial charge in [-0.15, -0.1) is 0 Å². The summed E-state index contributed by atoms with van der Waals surface area (Å²) >= 11 is 0. The Labute approximate surface area is 110 Å². The van der Waals surface area contributed by atoms with E-state index in [-0.39, 0.29) is 43.4 Å². The van der Waals surface area contributed by atoms with E-state index in [0.717, 1.165) is 5.56 Å². The summed E-state index contributed by atoms with van der Waals surface area (Å²) in [5, 5.41) is 3.04. The van der Waals surface area contributed by atoms with E-state index in [1.165, 1.54) is 19.2 Å². The maximum absolute atomic E-state index is 12.9. The molecule has 0 aliphatic carbocycles. The lowest BCUT2D eigenvalue weighted by molar-refractivity contribution is -0.141. The topological polar surface area (TPSA) is 58.6 Å². The van der Waals surface area contributed by atoms with Gasteiger partial charge in [0, 0.05) is 6.54 Å². The van der Waals surface area contributed by atoms with Gasteiger partial charge >= 0.3 is 5.97 Å². The molecule has 0 radical (unpaired) electrons. The summed E-state index contributed by atoms with van der Waals surface area (Å²) in [5.41, 5.74) is 0.789. The number of carbonyl (C=O) groups is 2. The van der Waals surface area contributed by atoms with Crippen LogP contribution in [0.1, 0.15) is 18.2 Å². The minimum atomic E-state index is -0.363. The van der Waals surface area contributed by atoms with Crippen LogP contribution in [0.3, 0.4) is 0 Å². The largest absolute Gasteiger partial charge is 0.469 e. The number of hydrogen-bond donors (Lipinski definition) is 1. The Morgan fingerprint density at radius 2 is 2.16 bits per heavy atom. The molecule has 0 aromatic heterocycles. The van der Waals surface area contributed by atoms with Gasteiger partial charge in [0.05, 0.1) is 20.1 Å². The summed E-state index contributed by atoms with van der Waals surface area (Å²) in [6.07, 6.45) is -0.181. The molecule has 0 spiro atoms. The van der Waals surface area contributed by atoms with E-state index in [2.05, 4.69) is 10.1 Å². The number of methoxy groups -OCH3 is 1. The smallest absolute Gasteiger partial charge is 0.307 e. The molecular formula is C13H15FN2O3. The summed E-state index contributed by atoms with van der Waals surface area (Å²) in [5.74, 6) is -0.773. The van der Waals surface area contributed by atoms with E-state index in [1.54, 1.807) is 17.0 Å². The lowest BCUT2D eigenvalue weighted by Crippen LogP contribution is -2.32. The molecule has 1 aliphatic rings. The van der Waals surface area contributed by atoms with Crippen molar-refractivity contribution in [3.63, 3.8) is 0 Å². The van der Waals surface area contributed by atoms with Gasteiger partial charge in [-0.1, -0.05) is 12.1 Å². The molecule has 19 heavy (non-hydrogen) atoms. The van der Waals surface area contributed by atoms with Crippen molar-refractivity contribution in [2.45, 2.75) is 12.6 Å². The fraction of sp³-hybridized carbons (Fsp3) is 0.385. The summed E-state index contributed by atoms with van der Waals surface area (Å²) < 4.78 is 17.4. The van der Waals surface area contributed by atoms with Gasteiger partial charge in [0.1, 0.15) is 12.0 Å². The third-order valence-corrected chi connectivity index (χ3v) is 3.05. The first kappa shape index (κ1) is 13.5. The Hall–Kier alpha value is -1.95. The Balaban J connectivity index is 2.08. The van der Waals surface area contributed by atoms with E-state index in [4.69, 9.17) is 0 Å². The van der Waals surface area contributed by atoms with Crippen LogP contribution in [0.15, 0.2) is 24.3 Å². The van der Waals surface area contributed by atoms with Gasteiger partial charge in [0.25, 0.3) is 0 Å². The number of halogens is 1. The zero-order valence-corrected chi connectivity index (χ0v) is 10.6. The Morgan fingerprint density at radius 1 is 1.47 bits per heavy atom. The van der Waals surface area contributed by atoms with E-state index in [1.807, 2.05) is 0 Å². The molecule has 1 amide bonds. The average Bonchev–Trinajstić information content (AvgIpc) is 2.78. The molecule has 1 fully saturated rings. The van der Waals surface area contributed by atoms with Crippen LogP contribution in [-0.4, -0.2) is 37.0 Å². The van der Waals surface area contributed by atoms with Gasteiger partial charge in [-0.2, -0.15) is 0 Å². The summed E-state index contributed by atoms with van der Waals surface area (Å²) in [6, 6.07) is 5.93. The normalized spacial score (nSPS) is 18.7. The molecular weight excluding hydrogens is 251 g/mol. The van der Waals surface area contributed by atoms with Crippen molar-refractivity contribution in [1.29, 1.82) is 0 Å². The number of amides is 1. The van der Waals surface area contributed by atoms with E-state index in [0.29, 0.717) is 0 Å². The average molecular weight is 266 g/mol. The highest BCUT2D eigenvalue weighted by atomic mass is 19.1. The minimum Gasteiger partial charge on any atom is -0.469 e. The first-order valence-electron chi connectivity index (χ1n) is 5.97. The van der Waals surface area contributed by atoms with Gasteiger partial charge in [-0.05, 0) is 17.7 Å². The maximum atomic E-state index is 12.9. The predicted octanol–water partition coefficient (Wildman–Crippen LogP) is 0.819. The maximum Gasteiger partial charge on any atom is 0.307 e. The third kappa shape index (κ3) is 3.08. The second-order valence-electron chi connectivity index (χ2n) is 4.25. The highest BCUT2D eigenvalue weighted by Gasteiger charge is 2.31. The van der Waals surface area contributed by atoms with Crippen molar-refractivity contribution in [1.82, 2.24) is 10.2 Å². The number of ether oxygens (including phenoxy) is 1. The number of esters is 1. The molecule has 1 N–H and O–H groups in total.